The Morgan fingerprint density at radius 1 is 1.62 bits per heavy atom. The van der Waals surface area contributed by atoms with Crippen molar-refractivity contribution in [3.8, 4) is 0 Å². The molecule has 1 N–H and O–H groups in total. The van der Waals surface area contributed by atoms with E-state index in [1.165, 1.54) is 5.56 Å². The smallest absolute Gasteiger partial charge is 0.0632 e. The van der Waals surface area contributed by atoms with Crippen LogP contribution in [0.3, 0.4) is 0 Å². The molecule has 0 spiro atoms. The number of nitrogens with zero attached hydrogens (tertiary/aromatic N) is 2. The molecule has 1 unspecified atom stereocenters. The standard InChI is InChI=1S/C11H14BrN3S/c1-9(6-15-7-11(12)5-14-15)13-4-10-2-3-16-8-10/h2-3,5,7-9,13H,4,6H2,1H3. The lowest BCUT2D eigenvalue weighted by Gasteiger charge is -2.13. The average Bonchev–Trinajstić information content (AvgIpc) is 2.87. The van der Waals surface area contributed by atoms with Crippen molar-refractivity contribution >= 4 is 27.3 Å². The summed E-state index contributed by atoms with van der Waals surface area (Å²) in [6.45, 7) is 3.98. The molecule has 5 heteroatoms. The van der Waals surface area contributed by atoms with Crippen molar-refractivity contribution in [1.82, 2.24) is 15.1 Å². The fourth-order valence-electron chi connectivity index (χ4n) is 1.47. The molecule has 0 bridgehead atoms. The Morgan fingerprint density at radius 3 is 3.12 bits per heavy atom. The van der Waals surface area contributed by atoms with E-state index in [0.717, 1.165) is 17.6 Å². The lowest BCUT2D eigenvalue weighted by atomic mass is 10.3. The van der Waals surface area contributed by atoms with E-state index in [0.29, 0.717) is 6.04 Å². The van der Waals surface area contributed by atoms with Crippen LogP contribution in [0.4, 0.5) is 0 Å². The third kappa shape index (κ3) is 3.43. The molecule has 0 saturated carbocycles. The van der Waals surface area contributed by atoms with Crippen molar-refractivity contribution in [2.75, 3.05) is 0 Å². The maximum absolute atomic E-state index is 4.23. The van der Waals surface area contributed by atoms with E-state index in [-0.39, 0.29) is 0 Å². The number of hydrogen-bond acceptors (Lipinski definition) is 3. The van der Waals surface area contributed by atoms with Gasteiger partial charge in [0.2, 0.25) is 0 Å². The molecule has 0 fully saturated rings. The number of nitrogens with one attached hydrogen (secondary N) is 1. The number of rotatable bonds is 5. The lowest BCUT2D eigenvalue weighted by Crippen LogP contribution is -2.29. The van der Waals surface area contributed by atoms with Gasteiger partial charge in [0.1, 0.15) is 0 Å². The van der Waals surface area contributed by atoms with E-state index in [2.05, 4.69) is 50.1 Å². The maximum atomic E-state index is 4.23. The van der Waals surface area contributed by atoms with Gasteiger partial charge in [-0.05, 0) is 45.2 Å². The van der Waals surface area contributed by atoms with Crippen LogP contribution in [0.2, 0.25) is 0 Å². The molecule has 0 amide bonds. The quantitative estimate of drug-likeness (QED) is 0.920. The highest BCUT2D eigenvalue weighted by Crippen LogP contribution is 2.08. The summed E-state index contributed by atoms with van der Waals surface area (Å²) in [5.41, 5.74) is 1.35. The maximum Gasteiger partial charge on any atom is 0.0632 e. The van der Waals surface area contributed by atoms with Crippen LogP contribution in [-0.4, -0.2) is 15.8 Å². The zero-order valence-corrected chi connectivity index (χ0v) is 11.5. The Bertz CT molecular complexity index is 424. The topological polar surface area (TPSA) is 29.9 Å². The van der Waals surface area contributed by atoms with Crippen LogP contribution in [0.5, 0.6) is 0 Å². The van der Waals surface area contributed by atoms with E-state index in [4.69, 9.17) is 0 Å². The van der Waals surface area contributed by atoms with Gasteiger partial charge in [-0.3, -0.25) is 4.68 Å². The Kier molecular flexibility index (Phi) is 4.15. The van der Waals surface area contributed by atoms with Crippen molar-refractivity contribution in [2.24, 2.45) is 0 Å². The fourth-order valence-corrected chi connectivity index (χ4v) is 2.47. The van der Waals surface area contributed by atoms with Crippen molar-refractivity contribution in [1.29, 1.82) is 0 Å². The molecule has 1 atom stereocenters. The zero-order valence-electron chi connectivity index (χ0n) is 9.06. The molecule has 2 aromatic heterocycles. The molecule has 0 radical (unpaired) electrons. The predicted molar refractivity (Wildman–Crippen MR) is 70.5 cm³/mol. The highest BCUT2D eigenvalue weighted by molar-refractivity contribution is 9.10. The molecule has 86 valence electrons. The molecule has 0 aromatic carbocycles. The Balaban J connectivity index is 1.78. The third-order valence-electron chi connectivity index (χ3n) is 2.30. The van der Waals surface area contributed by atoms with Crippen LogP contribution in [0.15, 0.2) is 33.7 Å². The molecule has 2 rings (SSSR count). The molecule has 0 aliphatic rings. The highest BCUT2D eigenvalue weighted by atomic mass is 79.9. The number of halogens is 1. The second-order valence-electron chi connectivity index (χ2n) is 3.79. The molecular formula is C11H14BrN3S. The number of hydrogen-bond donors (Lipinski definition) is 1. The minimum absolute atomic E-state index is 0.409. The van der Waals surface area contributed by atoms with Gasteiger partial charge in [-0.2, -0.15) is 16.4 Å². The van der Waals surface area contributed by atoms with Gasteiger partial charge in [0.25, 0.3) is 0 Å². The highest BCUT2D eigenvalue weighted by Gasteiger charge is 2.03. The van der Waals surface area contributed by atoms with Crippen molar-refractivity contribution in [3.63, 3.8) is 0 Å². The summed E-state index contributed by atoms with van der Waals surface area (Å²) in [7, 11) is 0. The molecule has 0 saturated heterocycles. The van der Waals surface area contributed by atoms with Crippen molar-refractivity contribution in [3.05, 3.63) is 39.3 Å². The number of thiophene rings is 1. The molecular weight excluding hydrogens is 286 g/mol. The fraction of sp³-hybridized carbons (Fsp3) is 0.364. The summed E-state index contributed by atoms with van der Waals surface area (Å²) in [6, 6.07) is 2.56. The normalized spacial score (nSPS) is 12.9. The largest absolute Gasteiger partial charge is 0.308 e. The van der Waals surface area contributed by atoms with Gasteiger partial charge in [-0.1, -0.05) is 0 Å². The van der Waals surface area contributed by atoms with E-state index < -0.39 is 0 Å². The summed E-state index contributed by atoms with van der Waals surface area (Å²) >= 11 is 5.13. The first-order chi connectivity index (χ1) is 7.74. The van der Waals surface area contributed by atoms with Gasteiger partial charge in [-0.15, -0.1) is 0 Å². The monoisotopic (exact) mass is 299 g/mol. The average molecular weight is 300 g/mol. The summed E-state index contributed by atoms with van der Waals surface area (Å²) in [4.78, 5) is 0. The van der Waals surface area contributed by atoms with Gasteiger partial charge < -0.3 is 5.32 Å². The van der Waals surface area contributed by atoms with E-state index in [9.17, 15) is 0 Å². The Labute approximate surface area is 108 Å². The molecule has 3 nitrogen and oxygen atoms in total. The molecule has 0 aliphatic heterocycles. The van der Waals surface area contributed by atoms with Gasteiger partial charge in [0.05, 0.1) is 17.2 Å². The van der Waals surface area contributed by atoms with Gasteiger partial charge in [0.15, 0.2) is 0 Å². The number of aromatic nitrogens is 2. The van der Waals surface area contributed by atoms with E-state index in [1.54, 1.807) is 11.3 Å². The minimum Gasteiger partial charge on any atom is -0.308 e. The van der Waals surface area contributed by atoms with Crippen LogP contribution in [0, 0.1) is 0 Å². The summed E-state index contributed by atoms with van der Waals surface area (Å²) < 4.78 is 2.97. The second kappa shape index (κ2) is 5.61. The van der Waals surface area contributed by atoms with Crippen molar-refractivity contribution < 1.29 is 0 Å². The lowest BCUT2D eigenvalue weighted by molar-refractivity contribution is 0.451. The molecule has 2 heterocycles. The summed E-state index contributed by atoms with van der Waals surface area (Å²) in [6.07, 6.45) is 3.80. The minimum atomic E-state index is 0.409. The van der Waals surface area contributed by atoms with Crippen LogP contribution in [0.1, 0.15) is 12.5 Å². The third-order valence-corrected chi connectivity index (χ3v) is 3.44. The van der Waals surface area contributed by atoms with Crippen LogP contribution >= 0.6 is 27.3 Å². The van der Waals surface area contributed by atoms with E-state index in [1.807, 2.05) is 17.1 Å². The molecule has 16 heavy (non-hydrogen) atoms. The zero-order chi connectivity index (χ0) is 11.4. The second-order valence-corrected chi connectivity index (χ2v) is 5.49. The summed E-state index contributed by atoms with van der Waals surface area (Å²) in [5.74, 6) is 0. The van der Waals surface area contributed by atoms with Crippen molar-refractivity contribution in [2.45, 2.75) is 26.1 Å². The van der Waals surface area contributed by atoms with E-state index >= 15 is 0 Å². The first-order valence-corrected chi connectivity index (χ1v) is 6.90. The molecule has 2 aromatic rings. The Morgan fingerprint density at radius 2 is 2.50 bits per heavy atom. The first-order valence-electron chi connectivity index (χ1n) is 5.16. The summed E-state index contributed by atoms with van der Waals surface area (Å²) in [5, 5.41) is 12.0. The van der Waals surface area contributed by atoms with Crippen LogP contribution in [-0.2, 0) is 13.1 Å². The SMILES string of the molecule is CC(Cn1cc(Br)cn1)NCc1ccsc1. The van der Waals surface area contributed by atoms with Gasteiger partial charge in [0, 0.05) is 18.8 Å². The van der Waals surface area contributed by atoms with Gasteiger partial charge in [-0.25, -0.2) is 0 Å². The van der Waals surface area contributed by atoms with Crippen LogP contribution in [0.25, 0.3) is 0 Å². The molecule has 0 aliphatic carbocycles. The first kappa shape index (κ1) is 11.8. The van der Waals surface area contributed by atoms with Gasteiger partial charge >= 0.3 is 0 Å². The van der Waals surface area contributed by atoms with Crippen LogP contribution < -0.4 is 5.32 Å². The Hall–Kier alpha value is -0.650. The predicted octanol–water partition coefficient (Wildman–Crippen LogP) is 2.89.